The summed E-state index contributed by atoms with van der Waals surface area (Å²) in [6.07, 6.45) is 73.6. The summed E-state index contributed by atoms with van der Waals surface area (Å²) in [6.45, 7) is 6.48. The molecule has 0 amide bonds. The zero-order valence-electron chi connectivity index (χ0n) is 43.4. The van der Waals surface area contributed by atoms with Crippen molar-refractivity contribution in [2.75, 3.05) is 13.2 Å². The molecule has 1 atom stereocenters. The van der Waals surface area contributed by atoms with Gasteiger partial charge in [0.15, 0.2) is 6.10 Å². The van der Waals surface area contributed by atoms with Gasteiger partial charge in [-0.1, -0.05) is 201 Å². The molecule has 0 radical (unpaired) electrons. The summed E-state index contributed by atoms with van der Waals surface area (Å²) in [5, 5.41) is 0. The molecule has 0 aliphatic heterocycles. The third-order valence-corrected chi connectivity index (χ3v) is 11.2. The van der Waals surface area contributed by atoms with E-state index in [4.69, 9.17) is 14.2 Å². The van der Waals surface area contributed by atoms with Crippen LogP contribution in [0.5, 0.6) is 0 Å². The van der Waals surface area contributed by atoms with Crippen LogP contribution in [-0.4, -0.2) is 37.2 Å². The number of allylic oxidation sites excluding steroid dienone is 18. The van der Waals surface area contributed by atoms with E-state index in [1.54, 1.807) is 0 Å². The quantitative estimate of drug-likeness (QED) is 0.0262. The van der Waals surface area contributed by atoms with E-state index < -0.39 is 6.10 Å². The highest BCUT2D eigenvalue weighted by atomic mass is 16.6. The molecule has 0 bridgehead atoms. The Morgan fingerprint density at radius 1 is 0.299 bits per heavy atom. The molecule has 0 rings (SSSR count). The van der Waals surface area contributed by atoms with E-state index >= 15 is 0 Å². The number of carbonyl (C=O) groups excluding carboxylic acids is 3. The van der Waals surface area contributed by atoms with Crippen LogP contribution in [0.3, 0.4) is 0 Å². The third-order valence-electron chi connectivity index (χ3n) is 11.2. The van der Waals surface area contributed by atoms with E-state index in [9.17, 15) is 14.4 Å². The molecule has 0 unspecified atom stereocenters. The fourth-order valence-electron chi connectivity index (χ4n) is 7.06. The van der Waals surface area contributed by atoms with Crippen LogP contribution in [0, 0.1) is 0 Å². The minimum Gasteiger partial charge on any atom is -0.462 e. The standard InChI is InChI=1S/C61H100O6/c1-4-7-10-13-16-19-22-25-27-29-30-32-33-36-39-42-45-48-51-54-60(63)66-57-58(56-65-59(62)53-50-47-44-41-38-35-24-21-18-15-12-9-6-3)67-61(64)55-52-49-46-43-40-37-34-31-28-26-23-20-17-14-11-8-5-2/h16-17,19-21,24-28,30,32,34,36-37,39,43,46,58H,4-15,18,22-23,29,31,33,35,38,40-42,44-45,47-57H2,1-3H3/b19-16-,20-17-,24-21-,27-25-,28-26-,32-30-,37-34-,39-36-,46-43-/t58-/m0/s1. The van der Waals surface area contributed by atoms with E-state index in [0.717, 1.165) is 103 Å². The number of unbranched alkanes of at least 4 members (excludes halogenated alkanes) is 19. The highest BCUT2D eigenvalue weighted by molar-refractivity contribution is 5.71. The lowest BCUT2D eigenvalue weighted by Gasteiger charge is -2.18. The van der Waals surface area contributed by atoms with Gasteiger partial charge in [0.05, 0.1) is 0 Å². The molecule has 0 saturated heterocycles. The van der Waals surface area contributed by atoms with Gasteiger partial charge in [0.25, 0.3) is 0 Å². The van der Waals surface area contributed by atoms with Gasteiger partial charge in [-0.2, -0.15) is 0 Å². The third kappa shape index (κ3) is 52.9. The van der Waals surface area contributed by atoms with E-state index in [1.165, 1.54) is 89.9 Å². The monoisotopic (exact) mass is 929 g/mol. The van der Waals surface area contributed by atoms with Crippen molar-refractivity contribution in [3.63, 3.8) is 0 Å². The van der Waals surface area contributed by atoms with Crippen LogP contribution in [-0.2, 0) is 28.6 Å². The van der Waals surface area contributed by atoms with Gasteiger partial charge in [0, 0.05) is 19.3 Å². The van der Waals surface area contributed by atoms with Gasteiger partial charge in [0.1, 0.15) is 13.2 Å². The van der Waals surface area contributed by atoms with Crippen molar-refractivity contribution in [3.8, 4) is 0 Å². The number of carbonyl (C=O) groups is 3. The second kappa shape index (κ2) is 54.7. The highest BCUT2D eigenvalue weighted by Gasteiger charge is 2.19. The van der Waals surface area contributed by atoms with Crippen molar-refractivity contribution in [2.24, 2.45) is 0 Å². The van der Waals surface area contributed by atoms with Gasteiger partial charge >= 0.3 is 17.9 Å². The fourth-order valence-corrected chi connectivity index (χ4v) is 7.06. The molecule has 0 heterocycles. The summed E-state index contributed by atoms with van der Waals surface area (Å²) in [5.41, 5.74) is 0. The Bertz CT molecular complexity index is 1390. The van der Waals surface area contributed by atoms with Gasteiger partial charge in [0.2, 0.25) is 0 Å². The first-order chi connectivity index (χ1) is 33.0. The SMILES string of the molecule is CCCCC/C=C\C/C=C\C/C=C\C/C=C\CCCCCC(=O)OC[C@H](COC(=O)CCCCCCC/C=C\CCCCCC)OC(=O)CCC/C=C\C/C=C\C/C=C\C/C=C\CCCCC. The molecular formula is C61H100O6. The van der Waals surface area contributed by atoms with Crippen molar-refractivity contribution in [1.29, 1.82) is 0 Å². The summed E-state index contributed by atoms with van der Waals surface area (Å²) in [6, 6.07) is 0. The summed E-state index contributed by atoms with van der Waals surface area (Å²) >= 11 is 0. The predicted molar refractivity (Wildman–Crippen MR) is 288 cm³/mol. The maximum absolute atomic E-state index is 12.8. The van der Waals surface area contributed by atoms with Gasteiger partial charge < -0.3 is 14.2 Å². The highest BCUT2D eigenvalue weighted by Crippen LogP contribution is 2.12. The summed E-state index contributed by atoms with van der Waals surface area (Å²) in [7, 11) is 0. The smallest absolute Gasteiger partial charge is 0.306 e. The van der Waals surface area contributed by atoms with Gasteiger partial charge in [-0.25, -0.2) is 0 Å². The largest absolute Gasteiger partial charge is 0.462 e. The van der Waals surface area contributed by atoms with Gasteiger partial charge in [-0.3, -0.25) is 14.4 Å². The zero-order valence-corrected chi connectivity index (χ0v) is 43.4. The van der Waals surface area contributed by atoms with Crippen molar-refractivity contribution < 1.29 is 28.6 Å². The number of esters is 3. The Morgan fingerprint density at radius 3 is 0.940 bits per heavy atom. The summed E-state index contributed by atoms with van der Waals surface area (Å²) in [5.74, 6) is -1.02. The van der Waals surface area contributed by atoms with E-state index in [2.05, 4.69) is 130 Å². The number of ether oxygens (including phenoxy) is 3. The van der Waals surface area contributed by atoms with Gasteiger partial charge in [-0.05, 0) is 128 Å². The molecule has 0 spiro atoms. The van der Waals surface area contributed by atoms with Gasteiger partial charge in [-0.15, -0.1) is 0 Å². The molecule has 0 fully saturated rings. The lowest BCUT2D eigenvalue weighted by molar-refractivity contribution is -0.167. The molecule has 0 aromatic carbocycles. The van der Waals surface area contributed by atoms with Crippen molar-refractivity contribution >= 4 is 17.9 Å². The van der Waals surface area contributed by atoms with E-state index in [1.807, 2.05) is 0 Å². The van der Waals surface area contributed by atoms with E-state index in [0.29, 0.717) is 19.3 Å². The van der Waals surface area contributed by atoms with Crippen molar-refractivity contribution in [2.45, 2.75) is 245 Å². The second-order valence-corrected chi connectivity index (χ2v) is 17.8. The van der Waals surface area contributed by atoms with Crippen molar-refractivity contribution in [1.82, 2.24) is 0 Å². The Labute approximate surface area is 412 Å². The molecule has 0 saturated carbocycles. The Kier molecular flexibility index (Phi) is 51.5. The molecule has 0 aliphatic rings. The molecule has 0 aromatic rings. The lowest BCUT2D eigenvalue weighted by Crippen LogP contribution is -2.30. The van der Waals surface area contributed by atoms with Crippen LogP contribution in [0.1, 0.15) is 239 Å². The lowest BCUT2D eigenvalue weighted by atomic mass is 10.1. The normalized spacial score (nSPS) is 12.9. The van der Waals surface area contributed by atoms with Crippen LogP contribution >= 0.6 is 0 Å². The Balaban J connectivity index is 4.55. The molecule has 6 heteroatoms. The average Bonchev–Trinajstić information content (AvgIpc) is 3.33. The predicted octanol–water partition coefficient (Wildman–Crippen LogP) is 18.3. The van der Waals surface area contributed by atoms with Crippen molar-refractivity contribution in [3.05, 3.63) is 109 Å². The van der Waals surface area contributed by atoms with E-state index in [-0.39, 0.29) is 37.5 Å². The molecular weight excluding hydrogens is 829 g/mol. The average molecular weight is 929 g/mol. The molecule has 0 N–H and O–H groups in total. The number of hydrogen-bond donors (Lipinski definition) is 0. The minimum atomic E-state index is -0.825. The fraction of sp³-hybridized carbons (Fsp3) is 0.656. The molecule has 0 aliphatic carbocycles. The minimum absolute atomic E-state index is 0.116. The molecule has 0 aromatic heterocycles. The topological polar surface area (TPSA) is 78.9 Å². The van der Waals surface area contributed by atoms with Crippen LogP contribution < -0.4 is 0 Å². The Morgan fingerprint density at radius 2 is 0.552 bits per heavy atom. The molecule has 6 nitrogen and oxygen atoms in total. The number of rotatable bonds is 48. The Hall–Kier alpha value is -3.93. The van der Waals surface area contributed by atoms with Crippen LogP contribution in [0.4, 0.5) is 0 Å². The van der Waals surface area contributed by atoms with Crippen LogP contribution in [0.25, 0.3) is 0 Å². The second-order valence-electron chi connectivity index (χ2n) is 17.8. The summed E-state index contributed by atoms with van der Waals surface area (Å²) < 4.78 is 16.7. The first-order valence-electron chi connectivity index (χ1n) is 27.4. The van der Waals surface area contributed by atoms with Crippen LogP contribution in [0.15, 0.2) is 109 Å². The zero-order chi connectivity index (χ0) is 48.6. The number of hydrogen-bond acceptors (Lipinski definition) is 6. The molecule has 67 heavy (non-hydrogen) atoms. The first kappa shape index (κ1) is 63.1. The maximum atomic E-state index is 12.8. The van der Waals surface area contributed by atoms with Crippen LogP contribution in [0.2, 0.25) is 0 Å². The molecule has 380 valence electrons. The maximum Gasteiger partial charge on any atom is 0.306 e. The first-order valence-corrected chi connectivity index (χ1v) is 27.4. The summed E-state index contributed by atoms with van der Waals surface area (Å²) in [4.78, 5) is 38.0.